The van der Waals surface area contributed by atoms with Crippen LogP contribution < -0.4 is 10.5 Å². The summed E-state index contributed by atoms with van der Waals surface area (Å²) in [4.78, 5) is 15.0. The molecule has 8 heteroatoms. The fraction of sp³-hybridized carbons (Fsp3) is 0.143. The second kappa shape index (κ2) is 5.98. The monoisotopic (exact) mass is 344 g/mol. The van der Waals surface area contributed by atoms with Gasteiger partial charge in [-0.3, -0.25) is 0 Å². The number of pyridine rings is 1. The van der Waals surface area contributed by atoms with E-state index < -0.39 is 17.5 Å². The van der Waals surface area contributed by atoms with E-state index in [4.69, 9.17) is 38.8 Å². The lowest BCUT2D eigenvalue weighted by Gasteiger charge is -2.13. The summed E-state index contributed by atoms with van der Waals surface area (Å²) in [5, 5.41) is 9.13. The maximum atomic E-state index is 14.5. The predicted molar refractivity (Wildman–Crippen MR) is 82.3 cm³/mol. The van der Waals surface area contributed by atoms with Crippen LogP contribution in [0.5, 0.6) is 5.75 Å². The molecule has 0 fully saturated rings. The molecule has 1 aromatic carbocycles. The van der Waals surface area contributed by atoms with Crippen LogP contribution in [0.4, 0.5) is 10.1 Å². The molecule has 0 aliphatic carbocycles. The lowest BCUT2D eigenvalue weighted by atomic mass is 10.1. The van der Waals surface area contributed by atoms with Gasteiger partial charge in [-0.15, -0.1) is 0 Å². The highest BCUT2D eigenvalue weighted by Gasteiger charge is 2.21. The molecule has 0 aliphatic heterocycles. The van der Waals surface area contributed by atoms with Crippen molar-refractivity contribution in [1.29, 1.82) is 0 Å². The van der Waals surface area contributed by atoms with Crippen LogP contribution in [-0.4, -0.2) is 23.2 Å². The minimum atomic E-state index is -1.37. The van der Waals surface area contributed by atoms with Crippen LogP contribution in [0.25, 0.3) is 11.3 Å². The summed E-state index contributed by atoms with van der Waals surface area (Å²) in [6.45, 7) is 1.60. The molecule has 0 saturated carbocycles. The number of hydrogen-bond acceptors (Lipinski definition) is 4. The molecule has 22 heavy (non-hydrogen) atoms. The Labute approximate surface area is 135 Å². The third kappa shape index (κ3) is 2.67. The van der Waals surface area contributed by atoms with Crippen LogP contribution in [0.15, 0.2) is 12.1 Å². The lowest BCUT2D eigenvalue weighted by Crippen LogP contribution is -2.06. The minimum Gasteiger partial charge on any atom is -0.493 e. The van der Waals surface area contributed by atoms with Crippen molar-refractivity contribution in [2.75, 3.05) is 12.8 Å². The van der Waals surface area contributed by atoms with Gasteiger partial charge in [-0.05, 0) is 19.1 Å². The van der Waals surface area contributed by atoms with E-state index >= 15 is 0 Å². The molecule has 0 saturated heterocycles. The van der Waals surface area contributed by atoms with Crippen molar-refractivity contribution >= 4 is 34.9 Å². The molecule has 1 heterocycles. The van der Waals surface area contributed by atoms with E-state index in [0.29, 0.717) is 5.56 Å². The average Bonchev–Trinajstić information content (AvgIpc) is 2.46. The van der Waals surface area contributed by atoms with Crippen LogP contribution in [0, 0.1) is 12.7 Å². The highest BCUT2D eigenvalue weighted by Crippen LogP contribution is 2.37. The first-order valence-electron chi connectivity index (χ1n) is 6.00. The van der Waals surface area contributed by atoms with Gasteiger partial charge < -0.3 is 15.6 Å². The first-order chi connectivity index (χ1) is 10.3. The van der Waals surface area contributed by atoms with Crippen LogP contribution in [0.3, 0.4) is 0 Å². The SMILES string of the molecule is COc1c(C)c(Cl)cc(-c2cc(N)c(Cl)c(C(=O)O)n2)c1F. The Balaban J connectivity index is 2.78. The van der Waals surface area contributed by atoms with Gasteiger partial charge in [0.2, 0.25) is 0 Å². The third-order valence-electron chi connectivity index (χ3n) is 3.07. The number of nitrogens with zero attached hydrogens (tertiary/aromatic N) is 1. The first kappa shape index (κ1) is 16.3. The van der Waals surface area contributed by atoms with E-state index in [1.54, 1.807) is 6.92 Å². The smallest absolute Gasteiger partial charge is 0.356 e. The van der Waals surface area contributed by atoms with Gasteiger partial charge in [0.1, 0.15) is 0 Å². The summed E-state index contributed by atoms with van der Waals surface area (Å²) in [6, 6.07) is 2.61. The average molecular weight is 345 g/mol. The topological polar surface area (TPSA) is 85.4 Å². The number of aromatic carboxylic acids is 1. The Morgan fingerprint density at radius 1 is 1.41 bits per heavy atom. The molecule has 116 valence electrons. The third-order valence-corrected chi connectivity index (χ3v) is 3.86. The second-order valence-electron chi connectivity index (χ2n) is 4.44. The molecule has 1 aromatic heterocycles. The summed E-state index contributed by atoms with van der Waals surface area (Å²) >= 11 is 11.8. The Morgan fingerprint density at radius 2 is 2.05 bits per heavy atom. The summed E-state index contributed by atoms with van der Waals surface area (Å²) in [6.07, 6.45) is 0. The van der Waals surface area contributed by atoms with Gasteiger partial charge in [0.15, 0.2) is 17.3 Å². The molecule has 0 radical (unpaired) electrons. The van der Waals surface area contributed by atoms with E-state index in [1.807, 2.05) is 0 Å². The molecule has 0 atom stereocenters. The number of hydrogen-bond donors (Lipinski definition) is 2. The Morgan fingerprint density at radius 3 is 2.59 bits per heavy atom. The van der Waals surface area contributed by atoms with E-state index in [-0.39, 0.29) is 32.7 Å². The van der Waals surface area contributed by atoms with Gasteiger partial charge in [0.05, 0.1) is 23.5 Å². The summed E-state index contributed by atoms with van der Waals surface area (Å²) in [7, 11) is 1.30. The fourth-order valence-electron chi connectivity index (χ4n) is 1.95. The zero-order valence-electron chi connectivity index (χ0n) is 11.6. The Bertz CT molecular complexity index is 781. The fourth-order valence-corrected chi connectivity index (χ4v) is 2.32. The minimum absolute atomic E-state index is 0.00278. The maximum absolute atomic E-state index is 14.5. The molecule has 0 aliphatic rings. The van der Waals surface area contributed by atoms with Gasteiger partial charge >= 0.3 is 5.97 Å². The van der Waals surface area contributed by atoms with Crippen LogP contribution in [0.1, 0.15) is 16.1 Å². The number of rotatable bonds is 3. The van der Waals surface area contributed by atoms with Crippen molar-refractivity contribution < 1.29 is 19.0 Å². The number of benzene rings is 1. The molecule has 2 aromatic rings. The van der Waals surface area contributed by atoms with Gasteiger partial charge in [-0.25, -0.2) is 14.2 Å². The number of methoxy groups -OCH3 is 1. The number of carboxylic acids is 1. The molecular formula is C14H11Cl2FN2O3. The number of carboxylic acid groups (broad SMARTS) is 1. The molecular weight excluding hydrogens is 334 g/mol. The Kier molecular flexibility index (Phi) is 4.44. The zero-order valence-corrected chi connectivity index (χ0v) is 13.1. The molecule has 0 unspecified atom stereocenters. The molecule has 3 N–H and O–H groups in total. The number of carbonyl (C=O) groups is 1. The van der Waals surface area contributed by atoms with Crippen molar-refractivity contribution in [3.05, 3.63) is 39.3 Å². The highest BCUT2D eigenvalue weighted by molar-refractivity contribution is 6.35. The zero-order chi connectivity index (χ0) is 16.6. The van der Waals surface area contributed by atoms with Gasteiger partial charge in [-0.2, -0.15) is 0 Å². The van der Waals surface area contributed by atoms with Crippen molar-refractivity contribution in [1.82, 2.24) is 4.98 Å². The van der Waals surface area contributed by atoms with Gasteiger partial charge in [0.25, 0.3) is 0 Å². The van der Waals surface area contributed by atoms with E-state index in [0.717, 1.165) is 0 Å². The van der Waals surface area contributed by atoms with E-state index in [1.165, 1.54) is 19.2 Å². The van der Waals surface area contributed by atoms with Crippen molar-refractivity contribution in [2.24, 2.45) is 0 Å². The quantitative estimate of drug-likeness (QED) is 0.884. The largest absolute Gasteiger partial charge is 0.493 e. The standard InChI is InChI=1S/C14H11Cl2FN2O3/c1-5-7(15)3-6(11(17)13(5)22-2)9-4-8(18)10(16)12(19-9)14(20)21/h3-4H,1-2H3,(H2,18,19)(H,20,21). The number of aromatic nitrogens is 1. The molecule has 0 spiro atoms. The Hall–Kier alpha value is -2.05. The number of ether oxygens (including phenoxy) is 1. The lowest BCUT2D eigenvalue weighted by molar-refractivity contribution is 0.0691. The first-order valence-corrected chi connectivity index (χ1v) is 6.75. The number of anilines is 1. The highest BCUT2D eigenvalue weighted by atomic mass is 35.5. The summed E-state index contributed by atoms with van der Waals surface area (Å²) < 4.78 is 19.5. The van der Waals surface area contributed by atoms with Crippen molar-refractivity contribution in [2.45, 2.75) is 6.92 Å². The van der Waals surface area contributed by atoms with Crippen molar-refractivity contribution in [3.8, 4) is 17.0 Å². The van der Waals surface area contributed by atoms with Crippen LogP contribution in [-0.2, 0) is 0 Å². The van der Waals surface area contributed by atoms with Crippen molar-refractivity contribution in [3.63, 3.8) is 0 Å². The summed E-state index contributed by atoms with van der Waals surface area (Å²) in [5.41, 5.74) is 5.56. The molecule has 2 rings (SSSR count). The van der Waals surface area contributed by atoms with E-state index in [2.05, 4.69) is 4.98 Å². The summed E-state index contributed by atoms with van der Waals surface area (Å²) in [5.74, 6) is -2.13. The van der Waals surface area contributed by atoms with Gasteiger partial charge in [-0.1, -0.05) is 23.2 Å². The maximum Gasteiger partial charge on any atom is 0.356 e. The van der Waals surface area contributed by atoms with Crippen LogP contribution >= 0.6 is 23.2 Å². The predicted octanol–water partition coefficient (Wildman–Crippen LogP) is 3.79. The van der Waals surface area contributed by atoms with E-state index in [9.17, 15) is 9.18 Å². The molecule has 0 bridgehead atoms. The number of halogens is 3. The molecule has 0 amide bonds. The number of nitrogen functional groups attached to an aromatic ring is 1. The molecule has 5 nitrogen and oxygen atoms in total. The van der Waals surface area contributed by atoms with Crippen LogP contribution in [0.2, 0.25) is 10.0 Å². The normalized spacial score (nSPS) is 10.6. The number of nitrogens with two attached hydrogens (primary N) is 1. The van der Waals surface area contributed by atoms with Gasteiger partial charge in [0, 0.05) is 16.1 Å². The second-order valence-corrected chi connectivity index (χ2v) is 5.23.